The zero-order chi connectivity index (χ0) is 13.3. The highest BCUT2D eigenvalue weighted by molar-refractivity contribution is 5.55. The topological polar surface area (TPSA) is 23.5 Å². The van der Waals surface area contributed by atoms with E-state index in [0.29, 0.717) is 11.0 Å². The molecular weight excluding hydrogens is 229 g/mol. The van der Waals surface area contributed by atoms with Crippen LogP contribution in [-0.4, -0.2) is 18.2 Å². The zero-order valence-electron chi connectivity index (χ0n) is 11.4. The average Bonchev–Trinajstić information content (AvgIpc) is 2.29. The van der Waals surface area contributed by atoms with Crippen LogP contribution >= 0.6 is 0 Å². The van der Waals surface area contributed by atoms with Gasteiger partial charge < -0.3 is 10.0 Å². The maximum Gasteiger partial charge on any atom is 0.123 e. The van der Waals surface area contributed by atoms with E-state index in [-0.39, 0.29) is 5.82 Å². The fraction of sp³-hybridized carbons (Fsp3) is 0.600. The Kier molecular flexibility index (Phi) is 3.62. The second-order valence-electron chi connectivity index (χ2n) is 6.03. The van der Waals surface area contributed by atoms with Crippen LogP contribution in [0.4, 0.5) is 10.1 Å². The zero-order valence-corrected chi connectivity index (χ0v) is 11.4. The smallest absolute Gasteiger partial charge is 0.123 e. The van der Waals surface area contributed by atoms with E-state index in [0.717, 1.165) is 31.6 Å². The van der Waals surface area contributed by atoms with E-state index in [9.17, 15) is 9.50 Å². The molecule has 1 aliphatic heterocycles. The summed E-state index contributed by atoms with van der Waals surface area (Å²) in [4.78, 5) is 2.26. The van der Waals surface area contributed by atoms with Crippen molar-refractivity contribution in [2.24, 2.45) is 5.41 Å². The standard InChI is InChI=1S/C15H22FNO/c1-11(18)13-10-12(16)4-5-14(13)17-8-6-15(2,3)7-9-17/h4-5,10-11,18H,6-9H2,1-3H3/t11-/m0/s1. The summed E-state index contributed by atoms with van der Waals surface area (Å²) in [5.41, 5.74) is 2.05. The van der Waals surface area contributed by atoms with Gasteiger partial charge in [-0.15, -0.1) is 0 Å². The van der Waals surface area contributed by atoms with Crippen LogP contribution < -0.4 is 4.90 Å². The lowest BCUT2D eigenvalue weighted by molar-refractivity contribution is 0.198. The monoisotopic (exact) mass is 251 g/mol. The Morgan fingerprint density at radius 3 is 2.44 bits per heavy atom. The second-order valence-corrected chi connectivity index (χ2v) is 6.03. The molecule has 3 heteroatoms. The Bertz CT molecular complexity index is 419. The minimum atomic E-state index is -0.634. The summed E-state index contributed by atoms with van der Waals surface area (Å²) < 4.78 is 13.3. The Balaban J connectivity index is 2.24. The molecule has 0 unspecified atom stereocenters. The van der Waals surface area contributed by atoms with Crippen molar-refractivity contribution in [2.75, 3.05) is 18.0 Å². The summed E-state index contributed by atoms with van der Waals surface area (Å²) in [6, 6.07) is 4.70. The lowest BCUT2D eigenvalue weighted by atomic mass is 9.82. The van der Waals surface area contributed by atoms with Crippen molar-refractivity contribution < 1.29 is 9.50 Å². The van der Waals surface area contributed by atoms with Crippen LogP contribution in [0.5, 0.6) is 0 Å². The van der Waals surface area contributed by atoms with Crippen LogP contribution in [0.1, 0.15) is 45.3 Å². The van der Waals surface area contributed by atoms with E-state index >= 15 is 0 Å². The number of hydrogen-bond donors (Lipinski definition) is 1. The lowest BCUT2D eigenvalue weighted by Crippen LogP contribution is -2.37. The van der Waals surface area contributed by atoms with Crippen molar-refractivity contribution in [3.63, 3.8) is 0 Å². The molecule has 1 saturated heterocycles. The van der Waals surface area contributed by atoms with Crippen molar-refractivity contribution in [1.29, 1.82) is 0 Å². The van der Waals surface area contributed by atoms with E-state index in [2.05, 4.69) is 18.7 Å². The van der Waals surface area contributed by atoms with Gasteiger partial charge in [-0.25, -0.2) is 4.39 Å². The van der Waals surface area contributed by atoms with Crippen molar-refractivity contribution >= 4 is 5.69 Å². The number of nitrogens with zero attached hydrogens (tertiary/aromatic N) is 1. The minimum absolute atomic E-state index is 0.285. The van der Waals surface area contributed by atoms with Crippen LogP contribution in [0.3, 0.4) is 0 Å². The maximum absolute atomic E-state index is 13.3. The Labute approximate surface area is 108 Å². The van der Waals surface area contributed by atoms with E-state index in [1.54, 1.807) is 13.0 Å². The summed E-state index contributed by atoms with van der Waals surface area (Å²) >= 11 is 0. The van der Waals surface area contributed by atoms with Gasteiger partial charge in [-0.05, 0) is 43.4 Å². The Morgan fingerprint density at radius 2 is 1.89 bits per heavy atom. The SMILES string of the molecule is C[C@H](O)c1cc(F)ccc1N1CCC(C)(C)CC1. The fourth-order valence-electron chi connectivity index (χ4n) is 2.50. The van der Waals surface area contributed by atoms with Crippen molar-refractivity contribution in [2.45, 2.75) is 39.7 Å². The summed E-state index contributed by atoms with van der Waals surface area (Å²) in [6.07, 6.45) is 1.62. The summed E-state index contributed by atoms with van der Waals surface area (Å²) in [5.74, 6) is -0.285. The van der Waals surface area contributed by atoms with Crippen LogP contribution in [0, 0.1) is 11.2 Å². The molecule has 0 amide bonds. The molecule has 0 spiro atoms. The van der Waals surface area contributed by atoms with Crippen LogP contribution in [0.2, 0.25) is 0 Å². The Morgan fingerprint density at radius 1 is 1.28 bits per heavy atom. The number of aliphatic hydroxyl groups excluding tert-OH is 1. The third kappa shape index (κ3) is 2.83. The van der Waals surface area contributed by atoms with Gasteiger partial charge >= 0.3 is 0 Å². The number of halogens is 1. The summed E-state index contributed by atoms with van der Waals surface area (Å²) in [6.45, 7) is 8.19. The van der Waals surface area contributed by atoms with Gasteiger partial charge in [-0.1, -0.05) is 13.8 Å². The normalized spacial score (nSPS) is 20.8. The number of hydrogen-bond acceptors (Lipinski definition) is 2. The first-order valence-corrected chi connectivity index (χ1v) is 6.61. The number of benzene rings is 1. The number of anilines is 1. The first-order valence-electron chi connectivity index (χ1n) is 6.61. The molecule has 1 atom stereocenters. The predicted octanol–water partition coefficient (Wildman–Crippen LogP) is 3.51. The molecule has 0 saturated carbocycles. The third-order valence-corrected chi connectivity index (χ3v) is 3.90. The highest BCUT2D eigenvalue weighted by Gasteiger charge is 2.27. The highest BCUT2D eigenvalue weighted by atomic mass is 19.1. The fourth-order valence-corrected chi connectivity index (χ4v) is 2.50. The second kappa shape index (κ2) is 4.88. The average molecular weight is 251 g/mol. The summed E-state index contributed by atoms with van der Waals surface area (Å²) in [7, 11) is 0. The molecule has 2 nitrogen and oxygen atoms in total. The number of aliphatic hydroxyl groups is 1. The maximum atomic E-state index is 13.3. The highest BCUT2D eigenvalue weighted by Crippen LogP contribution is 2.35. The van der Waals surface area contributed by atoms with Gasteiger partial charge in [0.25, 0.3) is 0 Å². The van der Waals surface area contributed by atoms with Crippen molar-refractivity contribution in [3.8, 4) is 0 Å². The molecule has 0 aromatic heterocycles. The molecule has 0 aliphatic carbocycles. The molecule has 100 valence electrons. The van der Waals surface area contributed by atoms with Gasteiger partial charge in [0.05, 0.1) is 6.10 Å². The van der Waals surface area contributed by atoms with Gasteiger partial charge in [0.2, 0.25) is 0 Å². The molecule has 1 aromatic carbocycles. The largest absolute Gasteiger partial charge is 0.389 e. The molecule has 1 aromatic rings. The molecule has 1 aliphatic rings. The van der Waals surface area contributed by atoms with Crippen LogP contribution in [0.25, 0.3) is 0 Å². The first kappa shape index (κ1) is 13.3. The minimum Gasteiger partial charge on any atom is -0.389 e. The molecule has 1 heterocycles. The van der Waals surface area contributed by atoms with Gasteiger partial charge in [0, 0.05) is 24.3 Å². The van der Waals surface area contributed by atoms with Gasteiger partial charge in [-0.3, -0.25) is 0 Å². The van der Waals surface area contributed by atoms with E-state index in [1.807, 2.05) is 0 Å². The molecule has 0 bridgehead atoms. The van der Waals surface area contributed by atoms with Crippen LogP contribution in [-0.2, 0) is 0 Å². The molecule has 1 fully saturated rings. The van der Waals surface area contributed by atoms with Gasteiger partial charge in [0.1, 0.15) is 5.82 Å². The summed E-state index contributed by atoms with van der Waals surface area (Å²) in [5, 5.41) is 9.77. The van der Waals surface area contributed by atoms with Gasteiger partial charge in [0.15, 0.2) is 0 Å². The molecule has 2 rings (SSSR count). The van der Waals surface area contributed by atoms with Gasteiger partial charge in [-0.2, -0.15) is 0 Å². The number of rotatable bonds is 2. The van der Waals surface area contributed by atoms with E-state index < -0.39 is 6.10 Å². The predicted molar refractivity (Wildman–Crippen MR) is 72.3 cm³/mol. The Hall–Kier alpha value is -1.09. The quantitative estimate of drug-likeness (QED) is 0.869. The molecule has 0 radical (unpaired) electrons. The van der Waals surface area contributed by atoms with E-state index in [4.69, 9.17) is 0 Å². The van der Waals surface area contributed by atoms with Crippen molar-refractivity contribution in [1.82, 2.24) is 0 Å². The molecule has 1 N–H and O–H groups in total. The molecule has 18 heavy (non-hydrogen) atoms. The number of piperidine rings is 1. The van der Waals surface area contributed by atoms with Crippen molar-refractivity contribution in [3.05, 3.63) is 29.6 Å². The van der Waals surface area contributed by atoms with Crippen LogP contribution in [0.15, 0.2) is 18.2 Å². The third-order valence-electron chi connectivity index (χ3n) is 3.90. The molecular formula is C15H22FNO. The van der Waals surface area contributed by atoms with E-state index in [1.165, 1.54) is 12.1 Å². The first-order chi connectivity index (χ1) is 8.39. The lowest BCUT2D eigenvalue weighted by Gasteiger charge is -2.39.